The first-order valence-electron chi connectivity index (χ1n) is 13.6. The third-order valence-electron chi connectivity index (χ3n) is 7.93. The summed E-state index contributed by atoms with van der Waals surface area (Å²) < 4.78 is 20.0. The average molecular weight is 563 g/mol. The maximum atomic E-state index is 14.3. The van der Waals surface area contributed by atoms with E-state index in [-0.39, 0.29) is 29.2 Å². The summed E-state index contributed by atoms with van der Waals surface area (Å²) >= 11 is 0. The quantitative estimate of drug-likeness (QED) is 0.509. The molecule has 4 rings (SSSR count). The summed E-state index contributed by atoms with van der Waals surface area (Å²) in [6.45, 7) is 10.4. The molecule has 0 aromatic carbocycles. The Morgan fingerprint density at radius 1 is 1.29 bits per heavy atom. The number of carbonyl (C=O) groups is 2. The Hall–Kier alpha value is -4.33. The third kappa shape index (κ3) is 6.06. The van der Waals surface area contributed by atoms with Crippen molar-refractivity contribution in [1.29, 1.82) is 5.26 Å². The Morgan fingerprint density at radius 3 is 2.68 bits per heavy atom. The molecule has 11 heteroatoms. The summed E-state index contributed by atoms with van der Waals surface area (Å²) in [5.74, 6) is -0.928. The van der Waals surface area contributed by atoms with Gasteiger partial charge in [-0.2, -0.15) is 10.4 Å². The molecule has 4 atom stereocenters. The van der Waals surface area contributed by atoms with Crippen molar-refractivity contribution in [3.8, 4) is 17.6 Å². The van der Waals surface area contributed by atoms with E-state index in [2.05, 4.69) is 26.6 Å². The van der Waals surface area contributed by atoms with E-state index in [0.29, 0.717) is 36.4 Å². The largest absolute Gasteiger partial charge is 0.450 e. The summed E-state index contributed by atoms with van der Waals surface area (Å²) in [4.78, 5) is 45.1. The predicted molar refractivity (Wildman–Crippen MR) is 150 cm³/mol. The molecule has 0 bridgehead atoms. The van der Waals surface area contributed by atoms with Crippen molar-refractivity contribution in [3.05, 3.63) is 69.7 Å². The molecule has 1 saturated heterocycles. The molecule has 1 aliphatic heterocycles. The number of nitrogens with zero attached hydrogens (tertiary/aromatic N) is 4. The number of hydrogen-bond donors (Lipinski definition) is 2. The first kappa shape index (κ1) is 29.6. The van der Waals surface area contributed by atoms with Crippen molar-refractivity contribution in [2.24, 2.45) is 10.8 Å². The summed E-state index contributed by atoms with van der Waals surface area (Å²) in [5, 5.41) is 18.8. The molecule has 1 aliphatic carbocycles. The van der Waals surface area contributed by atoms with E-state index in [0.717, 1.165) is 0 Å². The SMILES string of the molecule is Cc1cc(Oc2ccc(C(=O)N[C@H](C)C(=O)N3[C@H](C4(C)C=C(F)C=CC4)CC[C@@H]3C(C)(C)C#N)nc2C)c(=O)[nH]n1. The number of likely N-dealkylation sites (tertiary alicyclic amines) is 1. The lowest BCUT2D eigenvalue weighted by Gasteiger charge is -2.44. The van der Waals surface area contributed by atoms with Crippen molar-refractivity contribution in [2.75, 3.05) is 0 Å². The molecule has 0 saturated carbocycles. The molecular formula is C30H35FN6O4. The van der Waals surface area contributed by atoms with Crippen LogP contribution in [0.5, 0.6) is 11.5 Å². The van der Waals surface area contributed by atoms with Gasteiger partial charge in [0, 0.05) is 17.5 Å². The standard InChI is InChI=1S/C30H35FN6O4/c1-17-14-23(27(39)36-35-17)41-22-10-9-21(33-18(22)2)26(38)34-19(3)28(40)37-24(29(4,5)16-32)11-12-25(37)30(6)13-7-8-20(31)15-30/h7-10,14-15,19,24-25H,11-13H2,1-6H3,(H,34,38)(H,36,39)/t19-,24-,25+,30?/m1/s1. The second-order valence-electron chi connectivity index (χ2n) is 11.6. The van der Waals surface area contributed by atoms with Crippen LogP contribution in [0.1, 0.15) is 68.8 Å². The zero-order valence-electron chi connectivity index (χ0n) is 24.1. The molecule has 10 nitrogen and oxygen atoms in total. The van der Waals surface area contributed by atoms with Crippen LogP contribution in [0.4, 0.5) is 4.39 Å². The fourth-order valence-electron chi connectivity index (χ4n) is 5.64. The first-order valence-corrected chi connectivity index (χ1v) is 13.6. The monoisotopic (exact) mass is 562 g/mol. The predicted octanol–water partition coefficient (Wildman–Crippen LogP) is 4.42. The van der Waals surface area contributed by atoms with Crippen molar-refractivity contribution in [2.45, 2.75) is 78.9 Å². The maximum absolute atomic E-state index is 14.3. The lowest BCUT2D eigenvalue weighted by Crippen LogP contribution is -2.57. The fraction of sp³-hybridized carbons (Fsp3) is 0.467. The minimum Gasteiger partial charge on any atom is -0.450 e. The number of ether oxygens (including phenoxy) is 1. The van der Waals surface area contributed by atoms with Crippen molar-refractivity contribution in [1.82, 2.24) is 25.4 Å². The van der Waals surface area contributed by atoms with Crippen LogP contribution in [0.15, 0.2) is 47.0 Å². The van der Waals surface area contributed by atoms with Gasteiger partial charge >= 0.3 is 5.56 Å². The van der Waals surface area contributed by atoms with E-state index in [1.165, 1.54) is 24.3 Å². The zero-order valence-corrected chi connectivity index (χ0v) is 24.1. The Kier molecular flexibility index (Phi) is 8.15. The highest BCUT2D eigenvalue weighted by molar-refractivity contribution is 5.96. The fourth-order valence-corrected chi connectivity index (χ4v) is 5.64. The summed E-state index contributed by atoms with van der Waals surface area (Å²) in [7, 11) is 0. The highest BCUT2D eigenvalue weighted by Gasteiger charge is 2.51. The number of carbonyl (C=O) groups excluding carboxylic acids is 2. The van der Waals surface area contributed by atoms with E-state index in [4.69, 9.17) is 4.74 Å². The normalized spacial score (nSPS) is 23.0. The minimum atomic E-state index is -0.937. The van der Waals surface area contributed by atoms with Crippen LogP contribution >= 0.6 is 0 Å². The van der Waals surface area contributed by atoms with Crippen LogP contribution in [0, 0.1) is 36.0 Å². The number of H-pyrrole nitrogens is 1. The van der Waals surface area contributed by atoms with Gasteiger partial charge in [-0.15, -0.1) is 0 Å². The van der Waals surface area contributed by atoms with Crippen LogP contribution in [-0.4, -0.2) is 50.0 Å². The van der Waals surface area contributed by atoms with Gasteiger partial charge in [0.2, 0.25) is 5.91 Å². The van der Waals surface area contributed by atoms with Gasteiger partial charge in [-0.3, -0.25) is 14.4 Å². The Balaban J connectivity index is 1.54. The number of hydrogen-bond acceptors (Lipinski definition) is 7. The molecule has 2 aliphatic rings. The molecule has 0 spiro atoms. The maximum Gasteiger partial charge on any atom is 0.307 e. The number of nitriles is 1. The smallest absolute Gasteiger partial charge is 0.307 e. The number of allylic oxidation sites excluding steroid dienone is 3. The lowest BCUT2D eigenvalue weighted by atomic mass is 9.75. The first-order chi connectivity index (χ1) is 19.3. The van der Waals surface area contributed by atoms with Crippen LogP contribution in [0.25, 0.3) is 0 Å². The van der Waals surface area contributed by atoms with Crippen LogP contribution < -0.4 is 15.6 Å². The molecule has 2 amide bonds. The summed E-state index contributed by atoms with van der Waals surface area (Å²) in [6, 6.07) is 5.10. The van der Waals surface area contributed by atoms with E-state index in [1.807, 2.05) is 6.92 Å². The molecule has 1 unspecified atom stereocenters. The van der Waals surface area contributed by atoms with Gasteiger partial charge < -0.3 is 15.0 Å². The second kappa shape index (κ2) is 11.3. The molecule has 41 heavy (non-hydrogen) atoms. The van der Waals surface area contributed by atoms with Crippen molar-refractivity contribution < 1.29 is 18.7 Å². The Labute approximate surface area is 238 Å². The highest BCUT2D eigenvalue weighted by Crippen LogP contribution is 2.46. The number of halogens is 1. The molecule has 0 radical (unpaired) electrons. The highest BCUT2D eigenvalue weighted by atomic mass is 19.1. The Bertz CT molecular complexity index is 1520. The van der Waals surface area contributed by atoms with Gasteiger partial charge in [-0.25, -0.2) is 14.5 Å². The number of aromatic nitrogens is 3. The van der Waals surface area contributed by atoms with Gasteiger partial charge in [0.15, 0.2) is 5.75 Å². The van der Waals surface area contributed by atoms with Crippen LogP contribution in [-0.2, 0) is 4.79 Å². The van der Waals surface area contributed by atoms with Crippen LogP contribution in [0.3, 0.4) is 0 Å². The van der Waals surface area contributed by atoms with Crippen molar-refractivity contribution >= 4 is 11.8 Å². The molecule has 2 N–H and O–H groups in total. The number of amides is 2. The number of rotatable bonds is 7. The number of nitrogens with one attached hydrogen (secondary N) is 2. The van der Waals surface area contributed by atoms with Crippen molar-refractivity contribution in [3.63, 3.8) is 0 Å². The molecule has 2 aromatic heterocycles. The number of aromatic amines is 1. The van der Waals surface area contributed by atoms with Gasteiger partial charge in [0.25, 0.3) is 5.91 Å². The van der Waals surface area contributed by atoms with Gasteiger partial charge in [-0.1, -0.05) is 13.0 Å². The van der Waals surface area contributed by atoms with Gasteiger partial charge in [-0.05, 0) is 78.2 Å². The molecule has 2 aromatic rings. The number of aryl methyl sites for hydroxylation is 2. The average Bonchev–Trinajstić information content (AvgIpc) is 3.38. The second-order valence-corrected chi connectivity index (χ2v) is 11.6. The van der Waals surface area contributed by atoms with Gasteiger partial charge in [0.05, 0.1) is 28.9 Å². The molecule has 3 heterocycles. The number of pyridine rings is 1. The van der Waals surface area contributed by atoms with E-state index < -0.39 is 34.4 Å². The van der Waals surface area contributed by atoms with E-state index in [9.17, 15) is 24.0 Å². The third-order valence-corrected chi connectivity index (χ3v) is 7.93. The summed E-state index contributed by atoms with van der Waals surface area (Å²) in [5.41, 5.74) is -0.999. The molecule has 216 valence electrons. The lowest BCUT2D eigenvalue weighted by molar-refractivity contribution is -0.139. The Morgan fingerprint density at radius 2 is 2.02 bits per heavy atom. The zero-order chi connectivity index (χ0) is 30.1. The molecular weight excluding hydrogens is 527 g/mol. The van der Waals surface area contributed by atoms with Crippen LogP contribution in [0.2, 0.25) is 0 Å². The minimum absolute atomic E-state index is 0.0470. The summed E-state index contributed by atoms with van der Waals surface area (Å²) in [6.07, 6.45) is 6.49. The van der Waals surface area contributed by atoms with E-state index in [1.54, 1.807) is 51.7 Å². The topological polar surface area (TPSA) is 141 Å². The van der Waals surface area contributed by atoms with Gasteiger partial charge in [0.1, 0.15) is 23.3 Å². The van der Waals surface area contributed by atoms with E-state index >= 15 is 0 Å². The molecule has 1 fully saturated rings.